The third kappa shape index (κ3) is 2.39. The number of thiophene rings is 1. The van der Waals surface area contributed by atoms with Crippen molar-refractivity contribution in [3.05, 3.63) is 19.8 Å². The lowest BCUT2D eigenvalue weighted by atomic mass is 9.48. The van der Waals surface area contributed by atoms with Crippen LogP contribution in [0.5, 0.6) is 0 Å². The maximum Gasteiger partial charge on any atom is 0.0887 e. The Kier molecular flexibility index (Phi) is 3.49. The maximum atomic E-state index is 6.53. The third-order valence-corrected chi connectivity index (χ3v) is 8.45. The van der Waals surface area contributed by atoms with Crippen LogP contribution >= 0.6 is 38.9 Å². The van der Waals surface area contributed by atoms with E-state index in [4.69, 9.17) is 17.3 Å². The molecule has 0 aromatic carbocycles. The molecule has 20 heavy (non-hydrogen) atoms. The Balaban J connectivity index is 1.53. The van der Waals surface area contributed by atoms with Crippen LogP contribution < -0.4 is 5.73 Å². The summed E-state index contributed by atoms with van der Waals surface area (Å²) < 4.78 is 1.02. The summed E-state index contributed by atoms with van der Waals surface area (Å²) in [4.78, 5) is 1.25. The fourth-order valence-corrected chi connectivity index (χ4v) is 7.40. The predicted octanol–water partition coefficient (Wildman–Crippen LogP) is 5.77. The van der Waals surface area contributed by atoms with E-state index in [0.29, 0.717) is 5.41 Å². The molecule has 0 radical (unpaired) electrons. The van der Waals surface area contributed by atoms with Crippen LogP contribution in [-0.2, 0) is 0 Å². The normalized spacial score (nSPS) is 40.2. The minimum Gasteiger partial charge on any atom is -0.323 e. The summed E-state index contributed by atoms with van der Waals surface area (Å²) in [7, 11) is 0. The van der Waals surface area contributed by atoms with E-state index >= 15 is 0 Å². The summed E-state index contributed by atoms with van der Waals surface area (Å²) in [5, 5.41) is 0.811. The second-order valence-corrected chi connectivity index (χ2v) is 10.3. The van der Waals surface area contributed by atoms with Gasteiger partial charge in [-0.05, 0) is 90.1 Å². The first-order valence-electron chi connectivity index (χ1n) is 7.73. The minimum atomic E-state index is 0.167. The third-order valence-electron chi connectivity index (χ3n) is 5.85. The molecule has 4 aliphatic rings. The lowest BCUT2D eigenvalue weighted by molar-refractivity contribution is -0.0603. The van der Waals surface area contributed by atoms with Crippen LogP contribution in [0.2, 0.25) is 5.02 Å². The molecule has 1 heterocycles. The Morgan fingerprint density at radius 1 is 1.25 bits per heavy atom. The van der Waals surface area contributed by atoms with Crippen molar-refractivity contribution in [1.29, 1.82) is 0 Å². The summed E-state index contributed by atoms with van der Waals surface area (Å²) in [5.74, 6) is 3.02. The van der Waals surface area contributed by atoms with Gasteiger partial charge in [-0.1, -0.05) is 11.6 Å². The summed E-state index contributed by atoms with van der Waals surface area (Å²) in [6, 6.07) is 2.22. The standard InChI is InChI=1S/C16H21BrClNS/c17-15-12(18)4-14(20-15)13(19)8-16-5-9-1-10(6-16)3-11(2-9)7-16/h4,9-11,13H,1-3,5-8,19H2. The van der Waals surface area contributed by atoms with Gasteiger partial charge in [0, 0.05) is 10.9 Å². The van der Waals surface area contributed by atoms with Gasteiger partial charge in [0.15, 0.2) is 0 Å². The molecule has 4 fully saturated rings. The fraction of sp³-hybridized carbons (Fsp3) is 0.750. The van der Waals surface area contributed by atoms with E-state index in [1.807, 2.05) is 0 Å². The first-order chi connectivity index (χ1) is 9.53. The van der Waals surface area contributed by atoms with Gasteiger partial charge < -0.3 is 5.73 Å². The topological polar surface area (TPSA) is 26.0 Å². The van der Waals surface area contributed by atoms with Crippen LogP contribution in [0.4, 0.5) is 0 Å². The van der Waals surface area contributed by atoms with Crippen LogP contribution in [0.25, 0.3) is 0 Å². The Bertz CT molecular complexity index is 472. The van der Waals surface area contributed by atoms with Crippen molar-refractivity contribution in [3.8, 4) is 0 Å². The number of hydrogen-bond acceptors (Lipinski definition) is 2. The van der Waals surface area contributed by atoms with E-state index in [2.05, 4.69) is 22.0 Å². The monoisotopic (exact) mass is 373 g/mol. The van der Waals surface area contributed by atoms with E-state index in [1.165, 1.54) is 49.8 Å². The highest BCUT2D eigenvalue weighted by molar-refractivity contribution is 9.11. The molecule has 0 aliphatic heterocycles. The smallest absolute Gasteiger partial charge is 0.0887 e. The summed E-state index contributed by atoms with van der Waals surface area (Å²) in [6.07, 6.45) is 9.99. The zero-order valence-electron chi connectivity index (χ0n) is 11.6. The molecule has 5 rings (SSSR count). The Hall–Kier alpha value is 0.430. The molecule has 110 valence electrons. The van der Waals surface area contributed by atoms with Gasteiger partial charge in [-0.25, -0.2) is 0 Å². The zero-order chi connectivity index (χ0) is 13.9. The highest BCUT2D eigenvalue weighted by Crippen LogP contribution is 2.62. The molecule has 4 heteroatoms. The molecule has 1 atom stereocenters. The molecular formula is C16H21BrClNS. The minimum absolute atomic E-state index is 0.167. The predicted molar refractivity (Wildman–Crippen MR) is 89.2 cm³/mol. The second-order valence-electron chi connectivity index (χ2n) is 7.50. The Labute approximate surface area is 138 Å². The second kappa shape index (κ2) is 4.97. The highest BCUT2D eigenvalue weighted by atomic mass is 79.9. The summed E-state index contributed by atoms with van der Waals surface area (Å²) >= 11 is 11.4. The van der Waals surface area contributed by atoms with Gasteiger partial charge in [0.25, 0.3) is 0 Å². The van der Waals surface area contributed by atoms with Crippen LogP contribution in [-0.4, -0.2) is 0 Å². The van der Waals surface area contributed by atoms with Gasteiger partial charge in [-0.3, -0.25) is 0 Å². The van der Waals surface area contributed by atoms with Gasteiger partial charge in [-0.15, -0.1) is 11.3 Å². The molecular weight excluding hydrogens is 354 g/mol. The first-order valence-corrected chi connectivity index (χ1v) is 9.72. The Morgan fingerprint density at radius 3 is 2.25 bits per heavy atom. The van der Waals surface area contributed by atoms with Gasteiger partial charge in [0.2, 0.25) is 0 Å². The maximum absolute atomic E-state index is 6.53. The molecule has 2 N–H and O–H groups in total. The molecule has 4 saturated carbocycles. The molecule has 4 aliphatic carbocycles. The highest BCUT2D eigenvalue weighted by Gasteiger charge is 2.51. The van der Waals surface area contributed by atoms with Crippen molar-refractivity contribution < 1.29 is 0 Å². The van der Waals surface area contributed by atoms with E-state index in [9.17, 15) is 0 Å². The first kappa shape index (κ1) is 14.0. The summed E-state index contributed by atoms with van der Waals surface area (Å²) in [6.45, 7) is 0. The molecule has 0 amide bonds. The molecule has 1 aromatic heterocycles. The van der Waals surface area contributed by atoms with Gasteiger partial charge >= 0.3 is 0 Å². The van der Waals surface area contributed by atoms with Gasteiger partial charge in [0.1, 0.15) is 0 Å². The lowest BCUT2D eigenvalue weighted by Gasteiger charge is -2.57. The van der Waals surface area contributed by atoms with Crippen molar-refractivity contribution in [2.24, 2.45) is 28.9 Å². The Morgan fingerprint density at radius 2 is 1.80 bits per heavy atom. The van der Waals surface area contributed by atoms with E-state index in [-0.39, 0.29) is 6.04 Å². The average Bonchev–Trinajstić information content (AvgIpc) is 2.67. The van der Waals surface area contributed by atoms with Gasteiger partial charge in [0.05, 0.1) is 8.81 Å². The quantitative estimate of drug-likeness (QED) is 0.714. The SMILES string of the molecule is NC(CC12CC3CC(CC(C3)C1)C2)c1cc(Cl)c(Br)s1. The van der Waals surface area contributed by atoms with Crippen LogP contribution in [0, 0.1) is 23.2 Å². The van der Waals surface area contributed by atoms with E-state index < -0.39 is 0 Å². The van der Waals surface area contributed by atoms with E-state index in [0.717, 1.165) is 26.6 Å². The number of hydrogen-bond donors (Lipinski definition) is 1. The molecule has 1 unspecified atom stereocenters. The largest absolute Gasteiger partial charge is 0.323 e. The summed E-state index contributed by atoms with van der Waals surface area (Å²) in [5.41, 5.74) is 7.08. The van der Waals surface area contributed by atoms with Crippen molar-refractivity contribution >= 4 is 38.9 Å². The van der Waals surface area contributed by atoms with Crippen LogP contribution in [0.15, 0.2) is 9.85 Å². The van der Waals surface area contributed by atoms with Crippen LogP contribution in [0.3, 0.4) is 0 Å². The molecule has 0 saturated heterocycles. The number of halogens is 2. The fourth-order valence-electron chi connectivity index (χ4n) is 5.65. The van der Waals surface area contributed by atoms with Crippen molar-refractivity contribution in [3.63, 3.8) is 0 Å². The van der Waals surface area contributed by atoms with Crippen molar-refractivity contribution in [1.82, 2.24) is 0 Å². The van der Waals surface area contributed by atoms with E-state index in [1.54, 1.807) is 11.3 Å². The van der Waals surface area contributed by atoms with Crippen LogP contribution in [0.1, 0.15) is 55.9 Å². The van der Waals surface area contributed by atoms with Crippen molar-refractivity contribution in [2.45, 2.75) is 51.0 Å². The zero-order valence-corrected chi connectivity index (χ0v) is 14.7. The molecule has 0 spiro atoms. The van der Waals surface area contributed by atoms with Crippen molar-refractivity contribution in [2.75, 3.05) is 0 Å². The number of rotatable bonds is 3. The molecule has 1 nitrogen and oxygen atoms in total. The molecule has 4 bridgehead atoms. The average molecular weight is 375 g/mol. The lowest BCUT2D eigenvalue weighted by Crippen LogP contribution is -2.47. The number of nitrogens with two attached hydrogens (primary N) is 1. The molecule has 1 aromatic rings. The van der Waals surface area contributed by atoms with Gasteiger partial charge in [-0.2, -0.15) is 0 Å².